The van der Waals surface area contributed by atoms with Gasteiger partial charge < -0.3 is 9.64 Å². The number of aromatic nitrogens is 1. The molecule has 0 aliphatic rings. The van der Waals surface area contributed by atoms with Gasteiger partial charge in [-0.25, -0.2) is 4.98 Å². The van der Waals surface area contributed by atoms with E-state index >= 15 is 0 Å². The van der Waals surface area contributed by atoms with Crippen LogP contribution in [0.4, 0.5) is 11.4 Å². The molecule has 3 aromatic carbocycles. The highest BCUT2D eigenvalue weighted by molar-refractivity contribution is 5.95. The zero-order valence-electron chi connectivity index (χ0n) is 17.3. The van der Waals surface area contributed by atoms with Gasteiger partial charge in [-0.05, 0) is 42.0 Å². The standard InChI is InChI=1S/C25H24N4O/c1-29(2)20-11-9-18(10-12-20)17-26-28-25-16-24(19-7-5-4-6-8-19)27-23-14-13-21(30-3)15-22(23)25/h4-17H,1-3H3,(H,27,28)/b26-17+. The first kappa shape index (κ1) is 19.5. The SMILES string of the molecule is COc1ccc2nc(-c3ccccc3)cc(N/N=C/c3ccc(N(C)C)cc3)c2c1. The van der Waals surface area contributed by atoms with Crippen LogP contribution in [0.3, 0.4) is 0 Å². The van der Waals surface area contributed by atoms with Gasteiger partial charge in [0.05, 0.1) is 30.2 Å². The molecule has 0 aliphatic carbocycles. The van der Waals surface area contributed by atoms with Crippen molar-refractivity contribution in [2.45, 2.75) is 0 Å². The van der Waals surface area contributed by atoms with Gasteiger partial charge in [0.2, 0.25) is 0 Å². The molecule has 0 atom stereocenters. The molecule has 5 heteroatoms. The molecule has 1 heterocycles. The Balaban J connectivity index is 1.68. The van der Waals surface area contributed by atoms with Crippen LogP contribution in [0.15, 0.2) is 84.0 Å². The van der Waals surface area contributed by atoms with Crippen molar-refractivity contribution >= 4 is 28.5 Å². The van der Waals surface area contributed by atoms with Crippen molar-refractivity contribution in [3.05, 3.63) is 84.4 Å². The summed E-state index contributed by atoms with van der Waals surface area (Å²) < 4.78 is 5.40. The highest BCUT2D eigenvalue weighted by atomic mass is 16.5. The summed E-state index contributed by atoms with van der Waals surface area (Å²) in [4.78, 5) is 6.89. The predicted octanol–water partition coefficient (Wildman–Crippen LogP) is 5.42. The Kier molecular flexibility index (Phi) is 5.61. The van der Waals surface area contributed by atoms with Crippen LogP contribution in [0.25, 0.3) is 22.2 Å². The van der Waals surface area contributed by atoms with Gasteiger partial charge >= 0.3 is 0 Å². The fourth-order valence-electron chi connectivity index (χ4n) is 3.22. The fraction of sp³-hybridized carbons (Fsp3) is 0.120. The third-order valence-corrected chi connectivity index (χ3v) is 4.89. The van der Waals surface area contributed by atoms with Crippen LogP contribution in [0.5, 0.6) is 5.75 Å². The molecule has 0 radical (unpaired) electrons. The van der Waals surface area contributed by atoms with E-state index in [-0.39, 0.29) is 0 Å². The summed E-state index contributed by atoms with van der Waals surface area (Å²) in [7, 11) is 5.71. The molecule has 5 nitrogen and oxygen atoms in total. The lowest BCUT2D eigenvalue weighted by atomic mass is 10.1. The Bertz CT molecular complexity index is 1170. The van der Waals surface area contributed by atoms with E-state index in [9.17, 15) is 0 Å². The summed E-state index contributed by atoms with van der Waals surface area (Å²) >= 11 is 0. The maximum atomic E-state index is 5.40. The van der Waals surface area contributed by atoms with Crippen LogP contribution in [0, 0.1) is 0 Å². The van der Waals surface area contributed by atoms with Crippen LogP contribution < -0.4 is 15.1 Å². The number of pyridine rings is 1. The Hall–Kier alpha value is -3.86. The maximum Gasteiger partial charge on any atom is 0.119 e. The molecule has 150 valence electrons. The van der Waals surface area contributed by atoms with Crippen molar-refractivity contribution in [2.24, 2.45) is 5.10 Å². The molecule has 1 aromatic heterocycles. The van der Waals surface area contributed by atoms with Gasteiger partial charge in [-0.2, -0.15) is 5.10 Å². The van der Waals surface area contributed by atoms with E-state index in [0.717, 1.165) is 44.8 Å². The number of benzene rings is 3. The van der Waals surface area contributed by atoms with E-state index in [4.69, 9.17) is 9.72 Å². The number of ether oxygens (including phenoxy) is 1. The second kappa shape index (κ2) is 8.66. The average molecular weight is 396 g/mol. The predicted molar refractivity (Wildman–Crippen MR) is 126 cm³/mol. The number of methoxy groups -OCH3 is 1. The van der Waals surface area contributed by atoms with Gasteiger partial charge in [0.25, 0.3) is 0 Å². The number of nitrogens with one attached hydrogen (secondary N) is 1. The average Bonchev–Trinajstić information content (AvgIpc) is 2.79. The molecule has 1 N–H and O–H groups in total. The number of rotatable bonds is 6. The Morgan fingerprint density at radius 2 is 1.70 bits per heavy atom. The third kappa shape index (κ3) is 4.25. The van der Waals surface area contributed by atoms with Crippen LogP contribution in [-0.2, 0) is 0 Å². The minimum atomic E-state index is 0.781. The lowest BCUT2D eigenvalue weighted by molar-refractivity contribution is 0.415. The lowest BCUT2D eigenvalue weighted by Gasteiger charge is -2.12. The number of anilines is 2. The van der Waals surface area contributed by atoms with Gasteiger partial charge in [-0.15, -0.1) is 0 Å². The fourth-order valence-corrected chi connectivity index (χ4v) is 3.22. The minimum absolute atomic E-state index is 0.781. The van der Waals surface area contributed by atoms with Gasteiger partial charge in [0, 0.05) is 30.7 Å². The molecular weight excluding hydrogens is 372 g/mol. The van der Waals surface area contributed by atoms with Crippen molar-refractivity contribution in [1.82, 2.24) is 4.98 Å². The van der Waals surface area contributed by atoms with Crippen molar-refractivity contribution < 1.29 is 4.74 Å². The van der Waals surface area contributed by atoms with Crippen molar-refractivity contribution in [3.63, 3.8) is 0 Å². The van der Waals surface area contributed by atoms with Gasteiger partial charge in [0.15, 0.2) is 0 Å². The van der Waals surface area contributed by atoms with Gasteiger partial charge in [0.1, 0.15) is 5.75 Å². The number of fused-ring (bicyclic) bond motifs is 1. The zero-order chi connectivity index (χ0) is 20.9. The molecule has 4 aromatic rings. The van der Waals surface area contributed by atoms with Crippen molar-refractivity contribution in [1.29, 1.82) is 0 Å². The van der Waals surface area contributed by atoms with E-state index in [1.54, 1.807) is 7.11 Å². The number of nitrogens with zero attached hydrogens (tertiary/aromatic N) is 3. The zero-order valence-corrected chi connectivity index (χ0v) is 17.3. The Labute approximate surface area is 176 Å². The molecule has 30 heavy (non-hydrogen) atoms. The Morgan fingerprint density at radius 1 is 0.933 bits per heavy atom. The van der Waals surface area contributed by atoms with Gasteiger partial charge in [-0.1, -0.05) is 42.5 Å². The summed E-state index contributed by atoms with van der Waals surface area (Å²) in [6.07, 6.45) is 1.81. The largest absolute Gasteiger partial charge is 0.497 e. The van der Waals surface area contributed by atoms with Gasteiger partial charge in [-0.3, -0.25) is 5.43 Å². The highest BCUT2D eigenvalue weighted by Gasteiger charge is 2.08. The first-order valence-electron chi connectivity index (χ1n) is 9.75. The quantitative estimate of drug-likeness (QED) is 0.349. The van der Waals surface area contributed by atoms with E-state index in [0.29, 0.717) is 0 Å². The third-order valence-electron chi connectivity index (χ3n) is 4.89. The second-order valence-corrected chi connectivity index (χ2v) is 7.16. The maximum absolute atomic E-state index is 5.40. The summed E-state index contributed by atoms with van der Waals surface area (Å²) in [5.41, 5.74) is 9.07. The minimum Gasteiger partial charge on any atom is -0.497 e. The number of hydrogen-bond donors (Lipinski definition) is 1. The first-order valence-corrected chi connectivity index (χ1v) is 9.75. The normalized spacial score (nSPS) is 11.0. The molecule has 0 unspecified atom stereocenters. The van der Waals surface area contributed by atoms with E-state index in [1.165, 1.54) is 0 Å². The number of hydrazone groups is 1. The monoisotopic (exact) mass is 396 g/mol. The molecular formula is C25H24N4O. The van der Waals surface area contributed by atoms with Crippen molar-refractivity contribution in [3.8, 4) is 17.0 Å². The number of hydrogen-bond acceptors (Lipinski definition) is 5. The smallest absolute Gasteiger partial charge is 0.119 e. The van der Waals surface area contributed by atoms with Crippen molar-refractivity contribution in [2.75, 3.05) is 31.5 Å². The summed E-state index contributed by atoms with van der Waals surface area (Å²) in [5, 5.41) is 5.42. The lowest BCUT2D eigenvalue weighted by Crippen LogP contribution is -2.08. The molecule has 0 amide bonds. The molecule has 0 fully saturated rings. The van der Waals surface area contributed by atoms with Crippen LogP contribution in [-0.4, -0.2) is 32.4 Å². The molecule has 0 bridgehead atoms. The molecule has 0 saturated carbocycles. The Morgan fingerprint density at radius 3 is 2.40 bits per heavy atom. The second-order valence-electron chi connectivity index (χ2n) is 7.16. The molecule has 4 rings (SSSR count). The molecule has 0 saturated heterocycles. The van der Waals surface area contributed by atoms with Crippen LogP contribution in [0.2, 0.25) is 0 Å². The highest BCUT2D eigenvalue weighted by Crippen LogP contribution is 2.31. The van der Waals surface area contributed by atoms with E-state index in [2.05, 4.69) is 39.7 Å². The van der Waals surface area contributed by atoms with Crippen LogP contribution in [0.1, 0.15) is 5.56 Å². The summed E-state index contributed by atoms with van der Waals surface area (Å²) in [6.45, 7) is 0. The molecule has 0 aliphatic heterocycles. The molecule has 0 spiro atoms. The van der Waals surface area contributed by atoms with E-state index in [1.807, 2.05) is 74.9 Å². The first-order chi connectivity index (χ1) is 14.6. The summed E-state index contributed by atoms with van der Waals surface area (Å²) in [6, 6.07) is 26.2. The topological polar surface area (TPSA) is 49.8 Å². The summed E-state index contributed by atoms with van der Waals surface area (Å²) in [5.74, 6) is 0.781. The van der Waals surface area contributed by atoms with E-state index < -0.39 is 0 Å². The van der Waals surface area contributed by atoms with Crippen LogP contribution >= 0.6 is 0 Å².